The molecule has 0 aliphatic heterocycles. The summed E-state index contributed by atoms with van der Waals surface area (Å²) < 4.78 is 20.8. The van der Waals surface area contributed by atoms with Crippen LogP contribution in [0.25, 0.3) is 11.4 Å². The molecule has 0 radical (unpaired) electrons. The lowest BCUT2D eigenvalue weighted by Crippen LogP contribution is -2.15. The zero-order chi connectivity index (χ0) is 21.5. The molecule has 0 unspecified atom stereocenters. The number of anilines is 1. The van der Waals surface area contributed by atoms with E-state index in [0.29, 0.717) is 39.7 Å². The summed E-state index contributed by atoms with van der Waals surface area (Å²) in [6.07, 6.45) is 0. The van der Waals surface area contributed by atoms with Crippen molar-refractivity contribution in [1.82, 2.24) is 10.1 Å². The largest absolute Gasteiger partial charge is 0.497 e. The fraction of sp³-hybridized carbons (Fsp3) is 0.250. The average Bonchev–Trinajstić information content (AvgIpc) is 3.23. The van der Waals surface area contributed by atoms with E-state index in [2.05, 4.69) is 15.5 Å². The molecule has 1 aromatic heterocycles. The van der Waals surface area contributed by atoms with Crippen molar-refractivity contribution in [2.45, 2.75) is 5.75 Å². The van der Waals surface area contributed by atoms with Gasteiger partial charge in [-0.3, -0.25) is 4.79 Å². The number of carbonyl (C=O) groups excluding carboxylic acids is 1. The molecule has 0 atom stereocenters. The quantitative estimate of drug-likeness (QED) is 0.517. The number of halogens is 1. The van der Waals surface area contributed by atoms with Gasteiger partial charge in [-0.25, -0.2) is 0 Å². The van der Waals surface area contributed by atoms with Gasteiger partial charge in [-0.1, -0.05) is 16.8 Å². The monoisotopic (exact) mass is 449 g/mol. The Hall–Kier alpha value is -2.91. The van der Waals surface area contributed by atoms with Crippen molar-refractivity contribution in [3.05, 3.63) is 47.3 Å². The minimum Gasteiger partial charge on any atom is -0.497 e. The van der Waals surface area contributed by atoms with E-state index < -0.39 is 0 Å². The number of rotatable bonds is 9. The molecule has 0 aliphatic rings. The fourth-order valence-electron chi connectivity index (χ4n) is 2.55. The van der Waals surface area contributed by atoms with E-state index in [4.69, 9.17) is 30.3 Å². The third-order valence-electron chi connectivity index (χ3n) is 4.02. The molecule has 3 aromatic rings. The Kier molecular flexibility index (Phi) is 7.42. The topological polar surface area (TPSA) is 95.7 Å². The summed E-state index contributed by atoms with van der Waals surface area (Å²) in [5, 5.41) is 7.12. The third kappa shape index (κ3) is 5.37. The maximum Gasteiger partial charge on any atom is 0.236 e. The van der Waals surface area contributed by atoms with E-state index in [1.54, 1.807) is 19.2 Å². The zero-order valence-corrected chi connectivity index (χ0v) is 18.2. The molecule has 158 valence electrons. The first-order chi connectivity index (χ1) is 14.5. The number of aromatic nitrogens is 2. The van der Waals surface area contributed by atoms with E-state index in [1.807, 2.05) is 24.3 Å². The van der Waals surface area contributed by atoms with Crippen LogP contribution in [0.2, 0.25) is 5.02 Å². The van der Waals surface area contributed by atoms with Crippen molar-refractivity contribution in [2.75, 3.05) is 32.4 Å². The van der Waals surface area contributed by atoms with E-state index in [-0.39, 0.29) is 11.7 Å². The lowest BCUT2D eigenvalue weighted by molar-refractivity contribution is -0.113. The molecule has 1 amide bonds. The van der Waals surface area contributed by atoms with Gasteiger partial charge in [0.1, 0.15) is 17.2 Å². The number of nitrogens with zero attached hydrogens (tertiary/aromatic N) is 2. The Balaban J connectivity index is 1.54. The summed E-state index contributed by atoms with van der Waals surface area (Å²) in [4.78, 5) is 16.6. The maximum atomic E-state index is 12.3. The van der Waals surface area contributed by atoms with Crippen molar-refractivity contribution in [3.8, 4) is 28.6 Å². The van der Waals surface area contributed by atoms with Gasteiger partial charge in [-0.05, 0) is 30.3 Å². The highest BCUT2D eigenvalue weighted by Crippen LogP contribution is 2.36. The van der Waals surface area contributed by atoms with Crippen LogP contribution in [0.4, 0.5) is 5.69 Å². The van der Waals surface area contributed by atoms with Crippen LogP contribution in [0.15, 0.2) is 40.9 Å². The Morgan fingerprint density at radius 2 is 1.83 bits per heavy atom. The Morgan fingerprint density at radius 3 is 2.50 bits per heavy atom. The molecule has 0 saturated carbocycles. The number of ether oxygens (including phenoxy) is 3. The van der Waals surface area contributed by atoms with Gasteiger partial charge in [0.2, 0.25) is 17.6 Å². The smallest absolute Gasteiger partial charge is 0.236 e. The molecule has 0 fully saturated rings. The van der Waals surface area contributed by atoms with Crippen molar-refractivity contribution in [2.24, 2.45) is 0 Å². The van der Waals surface area contributed by atoms with E-state index >= 15 is 0 Å². The minimum absolute atomic E-state index is 0.188. The summed E-state index contributed by atoms with van der Waals surface area (Å²) in [7, 11) is 4.62. The molecule has 3 rings (SSSR count). The van der Waals surface area contributed by atoms with Crippen LogP contribution in [0.1, 0.15) is 5.89 Å². The number of benzene rings is 2. The number of hydrogen-bond donors (Lipinski definition) is 1. The first kappa shape index (κ1) is 21.8. The number of nitrogens with one attached hydrogen (secondary N) is 1. The van der Waals surface area contributed by atoms with Crippen LogP contribution >= 0.6 is 23.4 Å². The van der Waals surface area contributed by atoms with Crippen molar-refractivity contribution in [3.63, 3.8) is 0 Å². The van der Waals surface area contributed by atoms with Gasteiger partial charge in [0, 0.05) is 11.6 Å². The lowest BCUT2D eigenvalue weighted by Gasteiger charge is -2.12. The second-order valence-electron chi connectivity index (χ2n) is 5.97. The minimum atomic E-state index is -0.213. The van der Waals surface area contributed by atoms with Gasteiger partial charge in [0.05, 0.1) is 43.5 Å². The van der Waals surface area contributed by atoms with Crippen LogP contribution in [0.5, 0.6) is 17.2 Å². The molecule has 0 spiro atoms. The summed E-state index contributed by atoms with van der Waals surface area (Å²) >= 11 is 7.47. The highest BCUT2D eigenvalue weighted by Gasteiger charge is 2.14. The Bertz CT molecular complexity index is 1010. The maximum absolute atomic E-state index is 12.3. The van der Waals surface area contributed by atoms with Gasteiger partial charge >= 0.3 is 0 Å². The predicted octanol–water partition coefficient (Wildman–Crippen LogP) is 4.29. The van der Waals surface area contributed by atoms with Gasteiger partial charge in [-0.2, -0.15) is 4.98 Å². The average molecular weight is 450 g/mol. The Labute approximate surface area is 182 Å². The highest BCUT2D eigenvalue weighted by atomic mass is 35.5. The van der Waals surface area contributed by atoms with Gasteiger partial charge < -0.3 is 24.1 Å². The molecular weight excluding hydrogens is 430 g/mol. The van der Waals surface area contributed by atoms with Crippen molar-refractivity contribution >= 4 is 35.0 Å². The number of thioether (sulfide) groups is 1. The normalized spacial score (nSPS) is 10.5. The summed E-state index contributed by atoms with van der Waals surface area (Å²) in [5.74, 6) is 2.96. The molecule has 0 bridgehead atoms. The van der Waals surface area contributed by atoms with Crippen LogP contribution in [0.3, 0.4) is 0 Å². The molecule has 8 nitrogen and oxygen atoms in total. The molecular formula is C20H20ClN3O5S. The van der Waals surface area contributed by atoms with Crippen molar-refractivity contribution in [1.29, 1.82) is 0 Å². The molecule has 10 heteroatoms. The van der Waals surface area contributed by atoms with E-state index in [9.17, 15) is 4.79 Å². The van der Waals surface area contributed by atoms with Gasteiger partial charge in [0.25, 0.3) is 0 Å². The number of methoxy groups -OCH3 is 3. The van der Waals surface area contributed by atoms with E-state index in [0.717, 1.165) is 11.3 Å². The molecule has 2 aromatic carbocycles. The first-order valence-corrected chi connectivity index (χ1v) is 10.3. The number of amides is 1. The zero-order valence-electron chi connectivity index (χ0n) is 16.6. The number of carbonyl (C=O) groups is 1. The molecule has 30 heavy (non-hydrogen) atoms. The lowest BCUT2D eigenvalue weighted by atomic mass is 10.2. The highest BCUT2D eigenvalue weighted by molar-refractivity contribution is 7.99. The molecule has 0 aliphatic carbocycles. The molecule has 1 N–H and O–H groups in total. The fourth-order valence-corrected chi connectivity index (χ4v) is 3.44. The summed E-state index contributed by atoms with van der Waals surface area (Å²) in [6.45, 7) is 0. The second kappa shape index (κ2) is 10.2. The molecule has 1 heterocycles. The molecule has 0 saturated heterocycles. The van der Waals surface area contributed by atoms with Crippen LogP contribution in [0, 0.1) is 0 Å². The predicted molar refractivity (Wildman–Crippen MR) is 116 cm³/mol. The summed E-state index contributed by atoms with van der Waals surface area (Å²) in [5.41, 5.74) is 1.28. The Morgan fingerprint density at radius 1 is 1.10 bits per heavy atom. The van der Waals surface area contributed by atoms with Crippen LogP contribution in [-0.2, 0) is 10.5 Å². The van der Waals surface area contributed by atoms with Gasteiger partial charge in [0.15, 0.2) is 0 Å². The SMILES string of the molecule is COc1ccc(-c2noc(CSCC(=O)Nc3cc(Cl)c(OC)cc3OC)n2)cc1. The first-order valence-electron chi connectivity index (χ1n) is 8.80. The third-order valence-corrected chi connectivity index (χ3v) is 5.24. The van der Waals surface area contributed by atoms with Crippen LogP contribution < -0.4 is 19.5 Å². The van der Waals surface area contributed by atoms with Crippen LogP contribution in [-0.4, -0.2) is 43.1 Å². The van der Waals surface area contributed by atoms with Crippen molar-refractivity contribution < 1.29 is 23.5 Å². The standard InChI is InChI=1S/C20H20ClN3O5S/c1-26-13-6-4-12(5-7-13)20-23-19(29-24-20)11-30-10-18(25)22-15-8-14(21)16(27-2)9-17(15)28-3/h4-9H,10-11H2,1-3H3,(H,22,25). The van der Waals surface area contributed by atoms with Gasteiger partial charge in [-0.15, -0.1) is 11.8 Å². The van der Waals surface area contributed by atoms with E-state index in [1.165, 1.54) is 26.0 Å². The number of hydrogen-bond acceptors (Lipinski definition) is 8. The second-order valence-corrected chi connectivity index (χ2v) is 7.36. The summed E-state index contributed by atoms with van der Waals surface area (Å²) in [6, 6.07) is 10.5.